The van der Waals surface area contributed by atoms with E-state index in [0.29, 0.717) is 42.8 Å². The number of hydrogen-bond acceptors (Lipinski definition) is 18. The van der Waals surface area contributed by atoms with Crippen molar-refractivity contribution >= 4 is 62.0 Å². The molecule has 66 heavy (non-hydrogen) atoms. The van der Waals surface area contributed by atoms with Crippen LogP contribution in [0.4, 0.5) is 11.5 Å². The highest BCUT2D eigenvalue weighted by Crippen LogP contribution is 2.66. The monoisotopic (exact) mass is 1000 g/mol. The largest absolute Gasteiger partial charge is 0.748 e. The molecule has 8 N–H and O–H groups in total. The molecule has 4 aromatic rings. The average Bonchev–Trinajstić information content (AvgIpc) is 3.58. The van der Waals surface area contributed by atoms with Crippen LogP contribution in [0.2, 0.25) is 0 Å². The van der Waals surface area contributed by atoms with E-state index >= 15 is 0 Å². The van der Waals surface area contributed by atoms with Crippen molar-refractivity contribution in [2.24, 2.45) is 0 Å². The second kappa shape index (κ2) is 22.4. The standard InChI is InChI=1S/C37H47N6O19P3S/c1-2-42(28-11-10-26-20-29(36(46)60-31(26)21-28)25-12-17-41(18-13-25)15-7-19-66(55,56)57)16-5-3-4-9-33(45)39-14-6-8-27-23-43(37(47)40-35(27)38)34-22-30(44)32(59-34)24-58-64(51,52)62-65(53,54)61-63(48,49)50/h10-13,17-18,20-21,23,30,32,34,44H,2-5,7,9,14-16,19,22,24H2,1H3,(H7-,38,39,40,45,47,48,49,50,51,52,53,54,55,56,57)/t30-,32+,34+/m0/s1. The number of aliphatic hydroxyl groups excluding tert-OH is 1. The van der Waals surface area contributed by atoms with Gasteiger partial charge in [-0.2, -0.15) is 13.6 Å². The first-order valence-corrected chi connectivity index (χ1v) is 26.0. The van der Waals surface area contributed by atoms with Gasteiger partial charge in [-0.15, -0.1) is 0 Å². The van der Waals surface area contributed by atoms with Crippen LogP contribution in [0.25, 0.3) is 22.1 Å². The van der Waals surface area contributed by atoms with Crippen LogP contribution in [0, 0.1) is 11.8 Å². The summed E-state index contributed by atoms with van der Waals surface area (Å²) in [6, 6.07) is 10.8. The maximum atomic E-state index is 13.0. The van der Waals surface area contributed by atoms with Gasteiger partial charge in [0.2, 0.25) is 5.91 Å². The van der Waals surface area contributed by atoms with E-state index in [-0.39, 0.29) is 43.1 Å². The third-order valence-electron chi connectivity index (χ3n) is 9.72. The van der Waals surface area contributed by atoms with Gasteiger partial charge in [-0.25, -0.2) is 36.3 Å². The lowest BCUT2D eigenvalue weighted by Gasteiger charge is -2.23. The number of nitrogen functional groups attached to an aromatic ring is 1. The van der Waals surface area contributed by atoms with E-state index in [1.54, 1.807) is 41.2 Å². The van der Waals surface area contributed by atoms with Crippen LogP contribution in [-0.4, -0.2) is 97.3 Å². The minimum absolute atomic E-state index is 0.0630. The Morgan fingerprint density at radius 1 is 1.06 bits per heavy atom. The van der Waals surface area contributed by atoms with Crippen molar-refractivity contribution in [3.63, 3.8) is 0 Å². The Kier molecular flexibility index (Phi) is 17.8. The Labute approximate surface area is 376 Å². The predicted molar refractivity (Wildman–Crippen MR) is 231 cm³/mol. The van der Waals surface area contributed by atoms with Crippen molar-refractivity contribution < 1.29 is 83.0 Å². The third kappa shape index (κ3) is 16.0. The van der Waals surface area contributed by atoms with Crippen LogP contribution in [0.3, 0.4) is 0 Å². The highest BCUT2D eigenvalue weighted by atomic mass is 32.2. The number of nitrogens with two attached hydrogens (primary N) is 1. The minimum atomic E-state index is -5.77. The number of hydrogen-bond donors (Lipinski definition) is 7. The Morgan fingerprint density at radius 2 is 1.79 bits per heavy atom. The topological polar surface area (TPSA) is 374 Å². The lowest BCUT2D eigenvalue weighted by atomic mass is 10.1. The summed E-state index contributed by atoms with van der Waals surface area (Å²) in [6.07, 6.45) is 2.74. The first-order valence-electron chi connectivity index (χ1n) is 19.9. The highest BCUT2D eigenvalue weighted by molar-refractivity contribution is 7.85. The second-order valence-corrected chi connectivity index (χ2v) is 20.6. The van der Waals surface area contributed by atoms with Gasteiger partial charge >= 0.3 is 34.8 Å². The number of phosphoric acid groups is 3. The fraction of sp³-hybridized carbons (Fsp3) is 0.432. The number of fused-ring (bicyclic) bond motifs is 1. The number of nitrogens with zero attached hydrogens (tertiary/aromatic N) is 4. The lowest BCUT2D eigenvalue weighted by Crippen LogP contribution is -2.33. The second-order valence-electron chi connectivity index (χ2n) is 14.6. The molecule has 1 aliphatic rings. The van der Waals surface area contributed by atoms with Crippen molar-refractivity contribution in [1.82, 2.24) is 14.9 Å². The van der Waals surface area contributed by atoms with Crippen molar-refractivity contribution in [2.45, 2.75) is 70.4 Å². The number of amides is 1. The summed E-state index contributed by atoms with van der Waals surface area (Å²) in [6.45, 7) is 2.64. The van der Waals surface area contributed by atoms with E-state index in [9.17, 15) is 55.9 Å². The van der Waals surface area contributed by atoms with Gasteiger partial charge in [0.1, 0.15) is 30.3 Å². The van der Waals surface area contributed by atoms with E-state index in [2.05, 4.69) is 40.2 Å². The van der Waals surface area contributed by atoms with Crippen LogP contribution < -0.4 is 31.8 Å². The van der Waals surface area contributed by atoms with Gasteiger partial charge < -0.3 is 54.3 Å². The van der Waals surface area contributed by atoms with Crippen LogP contribution in [0.15, 0.2) is 69.0 Å². The molecule has 0 bridgehead atoms. The molecular weight excluding hydrogens is 957 g/mol. The molecule has 360 valence electrons. The Bertz CT molecular complexity index is 2830. The molecule has 1 fully saturated rings. The molecule has 2 unspecified atom stereocenters. The molecule has 29 heteroatoms. The molecular formula is C37H47N6O19P3S. The number of carbonyl (C=O) groups excluding carboxylic acids is 1. The van der Waals surface area contributed by atoms with Gasteiger partial charge in [0, 0.05) is 79.1 Å². The zero-order chi connectivity index (χ0) is 48.5. The first-order chi connectivity index (χ1) is 30.9. The Morgan fingerprint density at radius 3 is 2.47 bits per heavy atom. The zero-order valence-corrected chi connectivity index (χ0v) is 38.5. The molecule has 0 spiro atoms. The van der Waals surface area contributed by atoms with Crippen LogP contribution >= 0.6 is 23.5 Å². The van der Waals surface area contributed by atoms with Gasteiger partial charge in [-0.05, 0) is 38.0 Å². The molecule has 1 aromatic carbocycles. The number of pyridine rings is 1. The molecule has 0 saturated carbocycles. The molecule has 3 aromatic heterocycles. The quantitative estimate of drug-likeness (QED) is 0.0146. The number of phosphoric ester groups is 1. The molecule has 4 heterocycles. The van der Waals surface area contributed by atoms with Gasteiger partial charge in [0.05, 0.1) is 40.5 Å². The van der Waals surface area contributed by atoms with E-state index in [0.717, 1.165) is 28.5 Å². The van der Waals surface area contributed by atoms with Crippen molar-refractivity contribution in [2.75, 3.05) is 42.6 Å². The fourth-order valence-corrected chi connectivity index (χ4v) is 10.1. The van der Waals surface area contributed by atoms with Gasteiger partial charge in [-0.1, -0.05) is 18.3 Å². The molecule has 5 rings (SSSR count). The number of unbranched alkanes of at least 4 members (excludes halogenated alkanes) is 2. The summed E-state index contributed by atoms with van der Waals surface area (Å²) in [5, 5.41) is 13.8. The molecule has 25 nitrogen and oxygen atoms in total. The number of aromatic nitrogens is 3. The van der Waals surface area contributed by atoms with E-state index in [1.807, 2.05) is 19.1 Å². The number of aliphatic hydroxyl groups is 1. The van der Waals surface area contributed by atoms with Crippen molar-refractivity contribution in [3.8, 4) is 23.0 Å². The zero-order valence-electron chi connectivity index (χ0n) is 35.0. The van der Waals surface area contributed by atoms with Gasteiger partial charge in [-0.3, -0.25) is 13.9 Å². The third-order valence-corrected chi connectivity index (χ3v) is 14.3. The summed E-state index contributed by atoms with van der Waals surface area (Å²) in [7, 11) is -21.2. The molecule has 5 atom stereocenters. The number of anilines is 2. The lowest BCUT2D eigenvalue weighted by molar-refractivity contribution is -0.696. The SMILES string of the molecule is CCN(CCCCCC(=O)NCC#Cc1cn([C@H]2C[C@H](O)[C@@H](COP(=O)(O)OP(=O)(O)OP(=O)(O)O)O2)c(=O)nc1N)c1ccc2cc(-c3cc[n+](CCCS(=O)(=O)[O-])cc3)c(=O)oc2c1. The molecule has 0 radical (unpaired) electrons. The number of ether oxygens (including phenoxy) is 1. The van der Waals surface area contributed by atoms with Crippen molar-refractivity contribution in [1.29, 1.82) is 0 Å². The summed E-state index contributed by atoms with van der Waals surface area (Å²) >= 11 is 0. The van der Waals surface area contributed by atoms with E-state index in [4.69, 9.17) is 24.7 Å². The summed E-state index contributed by atoms with van der Waals surface area (Å²) in [4.78, 5) is 80.3. The van der Waals surface area contributed by atoms with E-state index in [1.165, 1.54) is 6.20 Å². The van der Waals surface area contributed by atoms with Crippen LogP contribution in [-0.2, 0) is 53.0 Å². The smallest absolute Gasteiger partial charge is 0.490 e. The Balaban J connectivity index is 1.06. The normalized spacial score (nSPS) is 18.3. The molecule has 0 aliphatic carbocycles. The number of benzene rings is 1. The average molecular weight is 1000 g/mol. The summed E-state index contributed by atoms with van der Waals surface area (Å²) < 4.78 is 92.7. The highest BCUT2D eigenvalue weighted by Gasteiger charge is 2.43. The number of aryl methyl sites for hydroxylation is 1. The van der Waals surface area contributed by atoms with Gasteiger partial charge in [0.15, 0.2) is 12.4 Å². The van der Waals surface area contributed by atoms with Gasteiger partial charge in [0.25, 0.3) is 0 Å². The predicted octanol–water partition coefficient (Wildman–Crippen LogP) is 1.37. The number of rotatable bonds is 22. The maximum absolute atomic E-state index is 13.0. The number of nitrogens with one attached hydrogen (secondary N) is 1. The van der Waals surface area contributed by atoms with E-state index < -0.39 is 75.7 Å². The van der Waals surface area contributed by atoms with Crippen LogP contribution in [0.5, 0.6) is 0 Å². The van der Waals surface area contributed by atoms with Crippen molar-refractivity contribution in [3.05, 3.63) is 81.5 Å². The fourth-order valence-electron chi connectivity index (χ4n) is 6.60. The summed E-state index contributed by atoms with van der Waals surface area (Å²) in [5.41, 5.74) is 6.75. The summed E-state index contributed by atoms with van der Waals surface area (Å²) in [5.74, 6) is 4.46. The first kappa shape index (κ1) is 52.3. The Hall–Kier alpha value is -4.67. The minimum Gasteiger partial charge on any atom is -0.748 e. The van der Waals surface area contributed by atoms with Crippen LogP contribution in [0.1, 0.15) is 57.2 Å². The molecule has 1 aliphatic heterocycles. The molecule has 1 saturated heterocycles. The maximum Gasteiger partial charge on any atom is 0.490 e. The molecule has 1 amide bonds. The number of carbonyl (C=O) groups is 1.